The van der Waals surface area contributed by atoms with Crippen molar-refractivity contribution in [2.24, 2.45) is 0 Å². The number of amides is 2. The van der Waals surface area contributed by atoms with Crippen molar-refractivity contribution in [2.45, 2.75) is 45.6 Å². The largest absolute Gasteiger partial charge is 0.494 e. The zero-order valence-electron chi connectivity index (χ0n) is 20.6. The second-order valence-corrected chi connectivity index (χ2v) is 9.23. The Morgan fingerprint density at radius 1 is 1.14 bits per heavy atom. The van der Waals surface area contributed by atoms with E-state index in [-0.39, 0.29) is 23.7 Å². The molecule has 1 atom stereocenters. The highest BCUT2D eigenvalue weighted by atomic mass is 19.1. The molecule has 1 fully saturated rings. The molecule has 1 unspecified atom stereocenters. The highest BCUT2D eigenvalue weighted by molar-refractivity contribution is 5.94. The minimum Gasteiger partial charge on any atom is -0.494 e. The Bertz CT molecular complexity index is 1050. The van der Waals surface area contributed by atoms with Gasteiger partial charge in [-0.2, -0.15) is 0 Å². The molecule has 2 heterocycles. The summed E-state index contributed by atoms with van der Waals surface area (Å²) in [7, 11) is 0. The van der Waals surface area contributed by atoms with E-state index in [0.717, 1.165) is 61.0 Å². The van der Waals surface area contributed by atoms with Gasteiger partial charge >= 0.3 is 0 Å². The van der Waals surface area contributed by atoms with Gasteiger partial charge in [-0.1, -0.05) is 6.92 Å². The van der Waals surface area contributed by atoms with E-state index < -0.39 is 0 Å². The van der Waals surface area contributed by atoms with E-state index in [4.69, 9.17) is 4.74 Å². The van der Waals surface area contributed by atoms with E-state index in [2.05, 4.69) is 27.4 Å². The number of aryl methyl sites for hydroxylation is 1. The number of anilines is 2. The van der Waals surface area contributed by atoms with Crippen LogP contribution in [0, 0.1) is 5.82 Å². The molecule has 2 aliphatic heterocycles. The highest BCUT2D eigenvalue weighted by Gasteiger charge is 2.22. The van der Waals surface area contributed by atoms with E-state index in [1.165, 1.54) is 12.1 Å². The minimum absolute atomic E-state index is 0.0378. The van der Waals surface area contributed by atoms with Crippen molar-refractivity contribution in [2.75, 3.05) is 49.5 Å². The summed E-state index contributed by atoms with van der Waals surface area (Å²) in [6.45, 7) is 9.25. The second-order valence-electron chi connectivity index (χ2n) is 9.23. The quantitative estimate of drug-likeness (QED) is 0.531. The molecule has 0 bridgehead atoms. The fourth-order valence-electron chi connectivity index (χ4n) is 4.73. The number of rotatable bonds is 9. The van der Waals surface area contributed by atoms with Gasteiger partial charge in [-0.25, -0.2) is 4.39 Å². The van der Waals surface area contributed by atoms with Crippen LogP contribution < -0.4 is 20.3 Å². The summed E-state index contributed by atoms with van der Waals surface area (Å²) in [5, 5.41) is 5.89. The Balaban J connectivity index is 1.26. The van der Waals surface area contributed by atoms with Crippen molar-refractivity contribution in [3.63, 3.8) is 0 Å². The summed E-state index contributed by atoms with van der Waals surface area (Å²) in [5.74, 6) is 0.396. The number of benzene rings is 2. The van der Waals surface area contributed by atoms with Crippen molar-refractivity contribution < 1.29 is 18.7 Å². The van der Waals surface area contributed by atoms with Crippen LogP contribution in [0.5, 0.6) is 5.75 Å². The third kappa shape index (κ3) is 6.51. The maximum atomic E-state index is 14.1. The van der Waals surface area contributed by atoms with Gasteiger partial charge in [0.2, 0.25) is 11.8 Å². The molecule has 8 heteroatoms. The van der Waals surface area contributed by atoms with Crippen LogP contribution >= 0.6 is 0 Å². The first kappa shape index (κ1) is 25.0. The number of ether oxygens (including phenoxy) is 1. The van der Waals surface area contributed by atoms with E-state index in [1.807, 2.05) is 31.2 Å². The Hall–Kier alpha value is -3.13. The molecule has 0 aromatic heterocycles. The summed E-state index contributed by atoms with van der Waals surface area (Å²) in [4.78, 5) is 28.8. The highest BCUT2D eigenvalue weighted by Crippen LogP contribution is 2.29. The molecule has 2 N–H and O–H groups in total. The zero-order valence-corrected chi connectivity index (χ0v) is 20.6. The fraction of sp³-hybridized carbons (Fsp3) is 0.481. The number of likely N-dealkylation sites (N-methyl/N-ethyl adjacent to an activating group) is 1. The lowest BCUT2D eigenvalue weighted by Gasteiger charge is -2.37. The number of halogens is 1. The summed E-state index contributed by atoms with van der Waals surface area (Å²) in [6.07, 6.45) is 2.08. The number of carbonyl (C=O) groups excluding carboxylic acids is 2. The maximum absolute atomic E-state index is 14.1. The van der Waals surface area contributed by atoms with Crippen LogP contribution in [0.25, 0.3) is 0 Å². The van der Waals surface area contributed by atoms with Crippen LogP contribution in [0.3, 0.4) is 0 Å². The molecule has 0 aliphatic carbocycles. The number of hydrogen-bond acceptors (Lipinski definition) is 5. The van der Waals surface area contributed by atoms with Crippen LogP contribution in [-0.2, 0) is 16.0 Å². The fourth-order valence-corrected chi connectivity index (χ4v) is 4.73. The lowest BCUT2D eigenvalue weighted by Crippen LogP contribution is -2.46. The monoisotopic (exact) mass is 482 g/mol. The summed E-state index contributed by atoms with van der Waals surface area (Å²) in [6, 6.07) is 10.2. The first-order valence-corrected chi connectivity index (χ1v) is 12.5. The molecule has 35 heavy (non-hydrogen) atoms. The third-order valence-corrected chi connectivity index (χ3v) is 6.78. The maximum Gasteiger partial charge on any atom is 0.224 e. The van der Waals surface area contributed by atoms with Crippen molar-refractivity contribution >= 4 is 23.2 Å². The molecule has 2 amide bonds. The average molecular weight is 483 g/mol. The van der Waals surface area contributed by atoms with Gasteiger partial charge in [-0.05, 0) is 68.3 Å². The summed E-state index contributed by atoms with van der Waals surface area (Å²) >= 11 is 0. The van der Waals surface area contributed by atoms with E-state index in [9.17, 15) is 14.0 Å². The zero-order chi connectivity index (χ0) is 24.8. The van der Waals surface area contributed by atoms with Gasteiger partial charge in [-0.3, -0.25) is 9.59 Å². The van der Waals surface area contributed by atoms with Gasteiger partial charge in [0.1, 0.15) is 11.6 Å². The summed E-state index contributed by atoms with van der Waals surface area (Å²) in [5.41, 5.74) is 3.70. The number of nitrogens with one attached hydrogen (secondary N) is 2. The molecule has 188 valence electrons. The standard InChI is InChI=1S/C27H35FN4O3/c1-3-31-12-14-32(15-13-31)25-10-7-21(28)18-23(25)19(2)29-26(33)5-4-16-35-22-8-9-24-20(17-22)6-11-27(34)30-24/h7-10,17-19H,3-6,11-16H2,1-2H3,(H,29,33)(H,30,34). The van der Waals surface area contributed by atoms with Gasteiger partial charge in [0.25, 0.3) is 0 Å². The van der Waals surface area contributed by atoms with Gasteiger partial charge < -0.3 is 25.2 Å². The first-order chi connectivity index (χ1) is 16.9. The Morgan fingerprint density at radius 3 is 2.71 bits per heavy atom. The van der Waals surface area contributed by atoms with Crippen LogP contribution in [0.4, 0.5) is 15.8 Å². The lowest BCUT2D eigenvalue weighted by molar-refractivity contribution is -0.122. The molecule has 7 nitrogen and oxygen atoms in total. The molecule has 0 radical (unpaired) electrons. The van der Waals surface area contributed by atoms with Crippen molar-refractivity contribution in [1.82, 2.24) is 10.2 Å². The molecule has 2 aromatic rings. The van der Waals surface area contributed by atoms with Crippen LogP contribution in [0.1, 0.15) is 50.3 Å². The van der Waals surface area contributed by atoms with Gasteiger partial charge in [0.05, 0.1) is 12.6 Å². The molecule has 1 saturated heterocycles. The molecule has 0 saturated carbocycles. The Morgan fingerprint density at radius 2 is 1.94 bits per heavy atom. The van der Waals surface area contributed by atoms with Crippen LogP contribution in [0.2, 0.25) is 0 Å². The van der Waals surface area contributed by atoms with Gasteiger partial charge in [0, 0.05) is 56.0 Å². The molecule has 2 aliphatic rings. The molecular formula is C27H35FN4O3. The minimum atomic E-state index is -0.297. The van der Waals surface area contributed by atoms with Crippen LogP contribution in [0.15, 0.2) is 36.4 Å². The van der Waals surface area contributed by atoms with Crippen molar-refractivity contribution in [3.05, 3.63) is 53.3 Å². The molecule has 0 spiro atoms. The number of hydrogen-bond donors (Lipinski definition) is 2. The first-order valence-electron chi connectivity index (χ1n) is 12.5. The molecule has 2 aromatic carbocycles. The topological polar surface area (TPSA) is 73.9 Å². The number of fused-ring (bicyclic) bond motifs is 1. The molecule has 4 rings (SSSR count). The van der Waals surface area contributed by atoms with E-state index in [1.54, 1.807) is 0 Å². The van der Waals surface area contributed by atoms with Crippen molar-refractivity contribution in [1.29, 1.82) is 0 Å². The Kier molecular flexibility index (Phi) is 8.23. The lowest BCUT2D eigenvalue weighted by atomic mass is 10.0. The number of nitrogens with zero attached hydrogens (tertiary/aromatic N) is 2. The predicted molar refractivity (Wildman–Crippen MR) is 135 cm³/mol. The van der Waals surface area contributed by atoms with Gasteiger partial charge in [0.15, 0.2) is 0 Å². The van der Waals surface area contributed by atoms with E-state index >= 15 is 0 Å². The Labute approximate surface area is 206 Å². The van der Waals surface area contributed by atoms with E-state index in [0.29, 0.717) is 32.3 Å². The number of piperazine rings is 1. The number of carbonyl (C=O) groups is 2. The predicted octanol–water partition coefficient (Wildman–Crippen LogP) is 3.89. The smallest absolute Gasteiger partial charge is 0.224 e. The SMILES string of the molecule is CCN1CCN(c2ccc(F)cc2C(C)NC(=O)CCCOc2ccc3c(c2)CCC(=O)N3)CC1. The van der Waals surface area contributed by atoms with Crippen LogP contribution in [-0.4, -0.2) is 56.0 Å². The van der Waals surface area contributed by atoms with Crippen molar-refractivity contribution in [3.8, 4) is 5.75 Å². The molecular weight excluding hydrogens is 447 g/mol. The average Bonchev–Trinajstić information content (AvgIpc) is 2.86. The third-order valence-electron chi connectivity index (χ3n) is 6.78. The normalized spacial score (nSPS) is 16.9. The van der Waals surface area contributed by atoms with Gasteiger partial charge in [-0.15, -0.1) is 0 Å². The summed E-state index contributed by atoms with van der Waals surface area (Å²) < 4.78 is 19.9. The second kappa shape index (κ2) is 11.5.